The molecule has 8 heteroatoms. The van der Waals surface area contributed by atoms with Crippen LogP contribution in [0.15, 0.2) is 18.2 Å². The summed E-state index contributed by atoms with van der Waals surface area (Å²) in [5, 5.41) is 3.18. The Labute approximate surface area is 122 Å². The molecule has 20 heavy (non-hydrogen) atoms. The Hall–Kier alpha value is -1.73. The number of carbonyl (C=O) groups is 1. The molecule has 2 aromatic rings. The van der Waals surface area contributed by atoms with Crippen LogP contribution < -0.4 is 5.32 Å². The van der Waals surface area contributed by atoms with E-state index in [0.29, 0.717) is 5.13 Å². The quantitative estimate of drug-likeness (QED) is 0.877. The first-order chi connectivity index (χ1) is 9.51. The van der Waals surface area contributed by atoms with Gasteiger partial charge < -0.3 is 10.1 Å². The zero-order valence-corrected chi connectivity index (χ0v) is 11.8. The number of carbonyl (C=O) groups excluding carboxylic acids is 1. The Morgan fingerprint density at radius 2 is 2.25 bits per heavy atom. The molecule has 0 aliphatic carbocycles. The van der Waals surface area contributed by atoms with Crippen LogP contribution in [0.3, 0.4) is 0 Å². The molecule has 0 spiro atoms. The second-order valence-electron chi connectivity index (χ2n) is 3.72. The molecule has 1 aromatic heterocycles. The monoisotopic (exact) mass is 318 g/mol. The average molecular weight is 319 g/mol. The topological polar surface area (TPSA) is 51.2 Å². The van der Waals surface area contributed by atoms with Gasteiger partial charge in [-0.1, -0.05) is 29.0 Å². The molecular weight excluding hydrogens is 310 g/mol. The van der Waals surface area contributed by atoms with Crippen molar-refractivity contribution in [3.05, 3.63) is 45.4 Å². The highest BCUT2D eigenvalue weighted by molar-refractivity contribution is 7.18. The van der Waals surface area contributed by atoms with E-state index in [-0.39, 0.29) is 22.1 Å². The number of anilines is 1. The molecular formula is C12H9ClF2N2O2S. The molecule has 0 radical (unpaired) electrons. The van der Waals surface area contributed by atoms with Gasteiger partial charge in [0.2, 0.25) is 0 Å². The minimum Gasteiger partial charge on any atom is -0.465 e. The molecule has 2 rings (SSSR count). The van der Waals surface area contributed by atoms with Crippen LogP contribution in [0.2, 0.25) is 5.15 Å². The molecule has 0 saturated carbocycles. The molecule has 0 atom stereocenters. The standard InChI is InChI=1S/C12H9ClF2N2O2S/c1-19-11(18)9-10(13)17-12(20-9)16-5-6-2-3-7(14)4-8(6)15/h2-4H,5H2,1H3,(H,16,17). The summed E-state index contributed by atoms with van der Waals surface area (Å²) >= 11 is 6.78. The average Bonchev–Trinajstić information content (AvgIpc) is 2.78. The number of ether oxygens (including phenoxy) is 1. The molecule has 0 unspecified atom stereocenters. The van der Waals surface area contributed by atoms with Crippen LogP contribution in [0.1, 0.15) is 15.2 Å². The lowest BCUT2D eigenvalue weighted by atomic mass is 10.2. The Morgan fingerprint density at radius 3 is 2.90 bits per heavy atom. The molecule has 0 fully saturated rings. The van der Waals surface area contributed by atoms with Crippen LogP contribution in [0.5, 0.6) is 0 Å². The van der Waals surface area contributed by atoms with Gasteiger partial charge in [-0.2, -0.15) is 0 Å². The lowest BCUT2D eigenvalue weighted by Gasteiger charge is -2.04. The van der Waals surface area contributed by atoms with Crippen molar-refractivity contribution >= 4 is 34.0 Å². The fourth-order valence-electron chi connectivity index (χ4n) is 1.43. The highest BCUT2D eigenvalue weighted by atomic mass is 35.5. The number of esters is 1. The number of nitrogens with one attached hydrogen (secondary N) is 1. The highest BCUT2D eigenvalue weighted by Gasteiger charge is 2.17. The summed E-state index contributed by atoms with van der Waals surface area (Å²) in [4.78, 5) is 15.4. The van der Waals surface area contributed by atoms with E-state index in [1.807, 2.05) is 0 Å². The van der Waals surface area contributed by atoms with Crippen LogP contribution >= 0.6 is 22.9 Å². The maximum absolute atomic E-state index is 13.4. The fourth-order valence-corrected chi connectivity index (χ4v) is 2.53. The van der Waals surface area contributed by atoms with E-state index in [2.05, 4.69) is 15.0 Å². The normalized spacial score (nSPS) is 10.4. The van der Waals surface area contributed by atoms with Gasteiger partial charge in [0.15, 0.2) is 15.2 Å². The number of hydrogen-bond donors (Lipinski definition) is 1. The van der Waals surface area contributed by atoms with Crippen LogP contribution in [0.4, 0.5) is 13.9 Å². The number of thiazole rings is 1. The molecule has 1 N–H and O–H groups in total. The van der Waals surface area contributed by atoms with Crippen molar-refractivity contribution in [1.82, 2.24) is 4.98 Å². The molecule has 4 nitrogen and oxygen atoms in total. The molecule has 0 aliphatic rings. The number of methoxy groups -OCH3 is 1. The number of aromatic nitrogens is 1. The van der Waals surface area contributed by atoms with Gasteiger partial charge in [-0.05, 0) is 6.07 Å². The van der Waals surface area contributed by atoms with Crippen molar-refractivity contribution in [3.63, 3.8) is 0 Å². The second-order valence-corrected chi connectivity index (χ2v) is 5.08. The van der Waals surface area contributed by atoms with Gasteiger partial charge >= 0.3 is 5.97 Å². The summed E-state index contributed by atoms with van der Waals surface area (Å²) in [6.07, 6.45) is 0. The minimum atomic E-state index is -0.659. The van der Waals surface area contributed by atoms with Crippen molar-refractivity contribution in [1.29, 1.82) is 0 Å². The van der Waals surface area contributed by atoms with E-state index in [9.17, 15) is 13.6 Å². The predicted octanol–water partition coefficient (Wildman–Crippen LogP) is 3.47. The molecule has 1 aromatic carbocycles. The van der Waals surface area contributed by atoms with E-state index < -0.39 is 17.6 Å². The third kappa shape index (κ3) is 3.23. The Bertz CT molecular complexity index is 648. The maximum Gasteiger partial charge on any atom is 0.351 e. The number of rotatable bonds is 4. The van der Waals surface area contributed by atoms with Gasteiger partial charge in [0.05, 0.1) is 7.11 Å². The lowest BCUT2D eigenvalue weighted by molar-refractivity contribution is 0.0606. The summed E-state index contributed by atoms with van der Waals surface area (Å²) in [6, 6.07) is 3.29. The SMILES string of the molecule is COC(=O)c1sc(NCc2ccc(F)cc2F)nc1Cl. The van der Waals surface area contributed by atoms with E-state index in [1.165, 1.54) is 13.2 Å². The summed E-state index contributed by atoms with van der Waals surface area (Å²) < 4.78 is 30.7. The van der Waals surface area contributed by atoms with Gasteiger partial charge in [-0.3, -0.25) is 0 Å². The van der Waals surface area contributed by atoms with Gasteiger partial charge in [-0.25, -0.2) is 18.6 Å². The van der Waals surface area contributed by atoms with Crippen LogP contribution in [-0.4, -0.2) is 18.1 Å². The molecule has 0 amide bonds. The van der Waals surface area contributed by atoms with Crippen LogP contribution in [0, 0.1) is 11.6 Å². The zero-order chi connectivity index (χ0) is 14.7. The Morgan fingerprint density at radius 1 is 1.50 bits per heavy atom. The smallest absolute Gasteiger partial charge is 0.351 e. The number of halogens is 3. The number of hydrogen-bond acceptors (Lipinski definition) is 5. The predicted molar refractivity (Wildman–Crippen MR) is 72.1 cm³/mol. The summed E-state index contributed by atoms with van der Waals surface area (Å²) in [7, 11) is 1.24. The second kappa shape index (κ2) is 6.15. The van der Waals surface area contributed by atoms with Crippen molar-refractivity contribution in [2.24, 2.45) is 0 Å². The minimum absolute atomic E-state index is 0.0175. The first kappa shape index (κ1) is 14.7. The molecule has 1 heterocycles. The third-order valence-corrected chi connectivity index (χ3v) is 3.78. The third-order valence-electron chi connectivity index (χ3n) is 2.40. The van der Waals surface area contributed by atoms with Gasteiger partial charge in [0.1, 0.15) is 11.6 Å². The number of nitrogens with zero attached hydrogens (tertiary/aromatic N) is 1. The first-order valence-electron chi connectivity index (χ1n) is 5.43. The molecule has 0 bridgehead atoms. The maximum atomic E-state index is 13.4. The number of benzene rings is 1. The Kier molecular flexibility index (Phi) is 4.51. The van der Waals surface area contributed by atoms with Crippen molar-refractivity contribution in [2.45, 2.75) is 6.54 Å². The summed E-state index contributed by atoms with van der Waals surface area (Å²) in [5.41, 5.74) is 0.275. The summed E-state index contributed by atoms with van der Waals surface area (Å²) in [6.45, 7) is 0.0938. The van der Waals surface area contributed by atoms with Crippen molar-refractivity contribution in [2.75, 3.05) is 12.4 Å². The van der Waals surface area contributed by atoms with Gasteiger partial charge in [-0.15, -0.1) is 0 Å². The molecule has 0 aliphatic heterocycles. The highest BCUT2D eigenvalue weighted by Crippen LogP contribution is 2.28. The molecule has 106 valence electrons. The fraction of sp³-hybridized carbons (Fsp3) is 0.167. The first-order valence-corrected chi connectivity index (χ1v) is 6.63. The van der Waals surface area contributed by atoms with Gasteiger partial charge in [0, 0.05) is 18.2 Å². The zero-order valence-electron chi connectivity index (χ0n) is 10.2. The van der Waals surface area contributed by atoms with Crippen LogP contribution in [-0.2, 0) is 11.3 Å². The summed E-state index contributed by atoms with van der Waals surface area (Å²) in [5.74, 6) is -1.89. The van der Waals surface area contributed by atoms with Crippen molar-refractivity contribution < 1.29 is 18.3 Å². The largest absolute Gasteiger partial charge is 0.465 e. The van der Waals surface area contributed by atoms with E-state index in [0.717, 1.165) is 23.5 Å². The van der Waals surface area contributed by atoms with E-state index in [4.69, 9.17) is 11.6 Å². The Balaban J connectivity index is 2.09. The van der Waals surface area contributed by atoms with Gasteiger partial charge in [0.25, 0.3) is 0 Å². The van der Waals surface area contributed by atoms with E-state index >= 15 is 0 Å². The lowest BCUT2D eigenvalue weighted by Crippen LogP contribution is -2.01. The van der Waals surface area contributed by atoms with Crippen LogP contribution in [0.25, 0.3) is 0 Å². The molecule has 0 saturated heterocycles. The van der Waals surface area contributed by atoms with Crippen molar-refractivity contribution in [3.8, 4) is 0 Å². The van der Waals surface area contributed by atoms with E-state index in [1.54, 1.807) is 0 Å².